The van der Waals surface area contributed by atoms with E-state index in [0.717, 1.165) is 12.3 Å². The van der Waals surface area contributed by atoms with Crippen LogP contribution in [0.4, 0.5) is 4.39 Å². The second-order valence-corrected chi connectivity index (χ2v) is 7.30. The largest absolute Gasteiger partial charge is 0.207 e. The van der Waals surface area contributed by atoms with E-state index in [1.54, 1.807) is 12.1 Å². The summed E-state index contributed by atoms with van der Waals surface area (Å²) in [6.07, 6.45) is 9.92. The van der Waals surface area contributed by atoms with Gasteiger partial charge in [0.05, 0.1) is 0 Å². The molecule has 0 aromatic heterocycles. The van der Waals surface area contributed by atoms with Crippen molar-refractivity contribution < 1.29 is 4.39 Å². The van der Waals surface area contributed by atoms with Crippen LogP contribution in [0.2, 0.25) is 5.02 Å². The van der Waals surface area contributed by atoms with Gasteiger partial charge in [-0.2, -0.15) is 0 Å². The van der Waals surface area contributed by atoms with Crippen molar-refractivity contribution in [1.82, 2.24) is 0 Å². The number of rotatable bonds is 4. The molecule has 19 heavy (non-hydrogen) atoms. The molecule has 0 bridgehead atoms. The summed E-state index contributed by atoms with van der Waals surface area (Å²) in [4.78, 5) is 0.324. The molecule has 1 saturated carbocycles. The zero-order valence-corrected chi connectivity index (χ0v) is 13.5. The van der Waals surface area contributed by atoms with Crippen molar-refractivity contribution in [2.24, 2.45) is 5.92 Å². The van der Waals surface area contributed by atoms with E-state index in [-0.39, 0.29) is 5.82 Å². The number of hydrogen-bond donors (Lipinski definition) is 0. The van der Waals surface area contributed by atoms with Crippen LogP contribution in [-0.4, -0.2) is 4.83 Å². The van der Waals surface area contributed by atoms with Crippen LogP contribution in [-0.2, 0) is 6.42 Å². The van der Waals surface area contributed by atoms with Gasteiger partial charge in [0.15, 0.2) is 0 Å². The lowest BCUT2D eigenvalue weighted by molar-refractivity contribution is 0.422. The van der Waals surface area contributed by atoms with Gasteiger partial charge >= 0.3 is 0 Å². The summed E-state index contributed by atoms with van der Waals surface area (Å²) in [5.74, 6) is 0.607. The fourth-order valence-electron chi connectivity index (χ4n) is 2.99. The molecule has 1 unspecified atom stereocenters. The van der Waals surface area contributed by atoms with Gasteiger partial charge in [-0.05, 0) is 30.9 Å². The lowest BCUT2D eigenvalue weighted by atomic mass is 9.93. The average Bonchev–Trinajstić information content (AvgIpc) is 2.63. The standard InChI is InChI=1S/C16H21BrClF/c17-13(10-12-6-3-1-2-4-7-12)11-14-15(18)8-5-9-16(14)19/h5,8-9,12-13H,1-4,6-7,10-11H2. The molecule has 1 aromatic carbocycles. The van der Waals surface area contributed by atoms with E-state index in [2.05, 4.69) is 15.9 Å². The first kappa shape index (κ1) is 15.3. The lowest BCUT2D eigenvalue weighted by Gasteiger charge is -2.18. The van der Waals surface area contributed by atoms with Crippen LogP contribution in [0, 0.1) is 11.7 Å². The highest BCUT2D eigenvalue weighted by molar-refractivity contribution is 9.09. The predicted octanol–water partition coefficient (Wildman–Crippen LogP) is 6.15. The number of benzene rings is 1. The maximum atomic E-state index is 13.7. The highest BCUT2D eigenvalue weighted by Crippen LogP contribution is 2.31. The third kappa shape index (κ3) is 4.75. The number of alkyl halides is 1. The summed E-state index contributed by atoms with van der Waals surface area (Å²) in [6, 6.07) is 4.92. The van der Waals surface area contributed by atoms with Crippen molar-refractivity contribution in [3.05, 3.63) is 34.6 Å². The Morgan fingerprint density at radius 1 is 1.21 bits per heavy atom. The molecule has 0 amide bonds. The number of hydrogen-bond acceptors (Lipinski definition) is 0. The molecule has 0 aliphatic heterocycles. The maximum Gasteiger partial charge on any atom is 0.127 e. The maximum absolute atomic E-state index is 13.7. The van der Waals surface area contributed by atoms with Gasteiger partial charge in [-0.25, -0.2) is 4.39 Å². The van der Waals surface area contributed by atoms with Gasteiger partial charge in [-0.1, -0.05) is 72.1 Å². The van der Waals surface area contributed by atoms with Crippen LogP contribution >= 0.6 is 27.5 Å². The fourth-order valence-corrected chi connectivity index (χ4v) is 4.09. The molecular formula is C16H21BrClF. The van der Waals surface area contributed by atoms with Gasteiger partial charge in [0.2, 0.25) is 0 Å². The van der Waals surface area contributed by atoms with Crippen molar-refractivity contribution in [2.45, 2.75) is 56.2 Å². The topological polar surface area (TPSA) is 0 Å². The quantitative estimate of drug-likeness (QED) is 0.453. The van der Waals surface area contributed by atoms with E-state index in [0.29, 0.717) is 21.8 Å². The van der Waals surface area contributed by atoms with Crippen LogP contribution in [0.3, 0.4) is 0 Å². The predicted molar refractivity (Wildman–Crippen MR) is 83.6 cm³/mol. The molecule has 3 heteroatoms. The fraction of sp³-hybridized carbons (Fsp3) is 0.625. The molecule has 0 saturated heterocycles. The Bertz CT molecular complexity index is 379. The van der Waals surface area contributed by atoms with E-state index in [1.165, 1.54) is 44.6 Å². The van der Waals surface area contributed by atoms with Gasteiger partial charge in [0.1, 0.15) is 5.82 Å². The van der Waals surface area contributed by atoms with Crippen LogP contribution in [0.5, 0.6) is 0 Å². The van der Waals surface area contributed by atoms with Crippen molar-refractivity contribution in [1.29, 1.82) is 0 Å². The van der Waals surface area contributed by atoms with Crippen molar-refractivity contribution in [3.63, 3.8) is 0 Å². The Hall–Kier alpha value is -0.0800. The zero-order chi connectivity index (χ0) is 13.7. The Morgan fingerprint density at radius 3 is 2.53 bits per heavy atom. The van der Waals surface area contributed by atoms with Crippen molar-refractivity contribution in [2.75, 3.05) is 0 Å². The van der Waals surface area contributed by atoms with Crippen LogP contribution in [0.15, 0.2) is 18.2 Å². The second-order valence-electron chi connectivity index (χ2n) is 5.59. The molecule has 0 N–H and O–H groups in total. The molecule has 0 spiro atoms. The minimum Gasteiger partial charge on any atom is -0.207 e. The summed E-state index contributed by atoms with van der Waals surface area (Å²) in [5.41, 5.74) is 0.652. The Balaban J connectivity index is 1.91. The van der Waals surface area contributed by atoms with E-state index in [9.17, 15) is 4.39 Å². The first-order valence-corrected chi connectivity index (χ1v) is 8.53. The molecule has 0 heterocycles. The second kappa shape index (κ2) is 7.64. The molecule has 1 aromatic rings. The minimum atomic E-state index is -0.183. The molecule has 0 radical (unpaired) electrons. The Labute approximate surface area is 128 Å². The zero-order valence-electron chi connectivity index (χ0n) is 11.2. The summed E-state index contributed by atoms with van der Waals surface area (Å²) in [5, 5.41) is 0.547. The lowest BCUT2D eigenvalue weighted by Crippen LogP contribution is -2.11. The summed E-state index contributed by atoms with van der Waals surface area (Å²) in [7, 11) is 0. The summed E-state index contributed by atoms with van der Waals surface area (Å²) >= 11 is 9.80. The average molecular weight is 348 g/mol. The van der Waals surface area contributed by atoms with E-state index < -0.39 is 0 Å². The first-order chi connectivity index (χ1) is 9.16. The van der Waals surface area contributed by atoms with Crippen molar-refractivity contribution in [3.8, 4) is 0 Å². The van der Waals surface area contributed by atoms with Crippen molar-refractivity contribution >= 4 is 27.5 Å². The third-order valence-electron chi connectivity index (χ3n) is 4.05. The van der Waals surface area contributed by atoms with Gasteiger partial charge in [0, 0.05) is 15.4 Å². The van der Waals surface area contributed by atoms with Gasteiger partial charge in [-0.3, -0.25) is 0 Å². The van der Waals surface area contributed by atoms with Gasteiger partial charge in [0.25, 0.3) is 0 Å². The molecule has 1 atom stereocenters. The number of halogens is 3. The molecule has 2 rings (SSSR count). The third-order valence-corrected chi connectivity index (χ3v) is 5.10. The van der Waals surface area contributed by atoms with Crippen LogP contribution in [0.1, 0.15) is 50.5 Å². The molecular weight excluding hydrogens is 327 g/mol. The van der Waals surface area contributed by atoms with Crippen LogP contribution in [0.25, 0.3) is 0 Å². The van der Waals surface area contributed by atoms with Gasteiger partial charge in [-0.15, -0.1) is 0 Å². The van der Waals surface area contributed by atoms with E-state index in [1.807, 2.05) is 0 Å². The highest BCUT2D eigenvalue weighted by atomic mass is 79.9. The minimum absolute atomic E-state index is 0.183. The highest BCUT2D eigenvalue weighted by Gasteiger charge is 2.18. The molecule has 1 fully saturated rings. The molecule has 0 nitrogen and oxygen atoms in total. The normalized spacial score (nSPS) is 19.1. The monoisotopic (exact) mass is 346 g/mol. The summed E-state index contributed by atoms with van der Waals surface area (Å²) < 4.78 is 13.7. The first-order valence-electron chi connectivity index (χ1n) is 7.23. The molecule has 1 aliphatic carbocycles. The smallest absolute Gasteiger partial charge is 0.127 e. The van der Waals surface area contributed by atoms with Crippen LogP contribution < -0.4 is 0 Å². The van der Waals surface area contributed by atoms with E-state index >= 15 is 0 Å². The summed E-state index contributed by atoms with van der Waals surface area (Å²) in [6.45, 7) is 0. The SMILES string of the molecule is Fc1cccc(Cl)c1CC(Br)CC1CCCCCC1. The van der Waals surface area contributed by atoms with E-state index in [4.69, 9.17) is 11.6 Å². The Morgan fingerprint density at radius 2 is 1.89 bits per heavy atom. The Kier molecular flexibility index (Phi) is 6.15. The van der Waals surface area contributed by atoms with Gasteiger partial charge < -0.3 is 0 Å². The molecule has 1 aliphatic rings. The molecule has 106 valence electrons.